The highest BCUT2D eigenvalue weighted by Crippen LogP contribution is 2.21. The van der Waals surface area contributed by atoms with Crippen LogP contribution in [0.1, 0.15) is 32.6 Å². The lowest BCUT2D eigenvalue weighted by Crippen LogP contribution is -2.22. The minimum atomic E-state index is -3.59. The van der Waals surface area contributed by atoms with E-state index in [2.05, 4.69) is 16.9 Å². The number of halogens is 1. The third-order valence-corrected chi connectivity index (χ3v) is 4.67. The van der Waals surface area contributed by atoms with Crippen molar-refractivity contribution in [2.24, 2.45) is 11.0 Å². The summed E-state index contributed by atoms with van der Waals surface area (Å²) in [5.74, 6) is 0.576. The van der Waals surface area contributed by atoms with E-state index in [0.717, 1.165) is 25.0 Å². The zero-order chi connectivity index (χ0) is 13.9. The Hall–Kier alpha value is -1.07. The highest BCUT2D eigenvalue weighted by atomic mass is 35.5. The summed E-state index contributed by atoms with van der Waals surface area (Å²) >= 11 is 5.73. The molecule has 0 spiro atoms. The number of benzene rings is 1. The molecule has 1 atom stereocenters. The van der Waals surface area contributed by atoms with Crippen molar-refractivity contribution in [1.82, 2.24) is 4.83 Å². The molecule has 1 aromatic rings. The molecule has 0 saturated heterocycles. The van der Waals surface area contributed by atoms with Crippen molar-refractivity contribution in [2.45, 2.75) is 37.5 Å². The van der Waals surface area contributed by atoms with E-state index in [1.165, 1.54) is 18.6 Å². The van der Waals surface area contributed by atoms with E-state index in [0.29, 0.717) is 10.9 Å². The second-order valence-electron chi connectivity index (χ2n) is 4.93. The van der Waals surface area contributed by atoms with Gasteiger partial charge >= 0.3 is 0 Å². The van der Waals surface area contributed by atoms with Crippen molar-refractivity contribution in [3.8, 4) is 0 Å². The maximum Gasteiger partial charge on any atom is 0.276 e. The molecule has 4 nitrogen and oxygen atoms in total. The lowest BCUT2D eigenvalue weighted by Gasteiger charge is -2.19. The Labute approximate surface area is 118 Å². The second kappa shape index (κ2) is 5.92. The third-order valence-electron chi connectivity index (χ3n) is 3.19. The molecule has 0 heterocycles. The summed E-state index contributed by atoms with van der Waals surface area (Å²) in [7, 11) is -3.59. The van der Waals surface area contributed by atoms with Gasteiger partial charge in [-0.25, -0.2) is 4.83 Å². The number of rotatable bonds is 3. The standard InChI is InChI=1S/C13H17ClN2O2S/c1-10-3-2-4-12(9-10)15-16-19(17,18)13-7-5-11(14)6-8-13/h5-8,10,16H,2-4,9H2,1H3/b15-12+/t10-/m0/s1. The van der Waals surface area contributed by atoms with Gasteiger partial charge in [-0.15, -0.1) is 0 Å². The van der Waals surface area contributed by atoms with Crippen molar-refractivity contribution < 1.29 is 8.42 Å². The summed E-state index contributed by atoms with van der Waals surface area (Å²) in [5, 5.41) is 4.56. The number of nitrogens with one attached hydrogen (secondary N) is 1. The molecule has 0 amide bonds. The number of sulfonamides is 1. The third kappa shape index (κ3) is 3.94. The van der Waals surface area contributed by atoms with Crippen molar-refractivity contribution >= 4 is 27.3 Å². The van der Waals surface area contributed by atoms with Crippen LogP contribution in [0.15, 0.2) is 34.3 Å². The van der Waals surface area contributed by atoms with Gasteiger partial charge in [0.1, 0.15) is 0 Å². The van der Waals surface area contributed by atoms with Gasteiger partial charge in [0, 0.05) is 10.7 Å². The number of hydrogen-bond acceptors (Lipinski definition) is 3. The number of hydrogen-bond donors (Lipinski definition) is 1. The van der Waals surface area contributed by atoms with E-state index in [9.17, 15) is 8.42 Å². The van der Waals surface area contributed by atoms with Crippen LogP contribution in [0, 0.1) is 5.92 Å². The molecule has 2 rings (SSSR count). The van der Waals surface area contributed by atoms with Gasteiger partial charge in [0.25, 0.3) is 10.0 Å². The number of hydrazone groups is 1. The predicted molar refractivity (Wildman–Crippen MR) is 76.8 cm³/mol. The molecule has 1 aliphatic carbocycles. The quantitative estimate of drug-likeness (QED) is 0.872. The summed E-state index contributed by atoms with van der Waals surface area (Å²) in [6.07, 6.45) is 3.99. The van der Waals surface area contributed by atoms with Gasteiger partial charge in [-0.1, -0.05) is 18.5 Å². The predicted octanol–water partition coefficient (Wildman–Crippen LogP) is 3.18. The molecule has 0 aromatic heterocycles. The van der Waals surface area contributed by atoms with Crippen LogP contribution >= 0.6 is 11.6 Å². The van der Waals surface area contributed by atoms with E-state index < -0.39 is 10.0 Å². The Balaban J connectivity index is 2.09. The van der Waals surface area contributed by atoms with Crippen LogP contribution in [0.2, 0.25) is 5.02 Å². The van der Waals surface area contributed by atoms with Crippen LogP contribution in [0.4, 0.5) is 0 Å². The van der Waals surface area contributed by atoms with Gasteiger partial charge in [-0.05, 0) is 55.9 Å². The van der Waals surface area contributed by atoms with E-state index in [4.69, 9.17) is 11.6 Å². The first-order valence-electron chi connectivity index (χ1n) is 6.30. The van der Waals surface area contributed by atoms with Gasteiger partial charge in [0.2, 0.25) is 0 Å². The zero-order valence-corrected chi connectivity index (χ0v) is 12.3. The van der Waals surface area contributed by atoms with Crippen LogP contribution < -0.4 is 4.83 Å². The first-order chi connectivity index (χ1) is 8.97. The molecule has 1 fully saturated rings. The molecule has 0 unspecified atom stereocenters. The minimum absolute atomic E-state index is 0.171. The molecule has 1 aromatic carbocycles. The summed E-state index contributed by atoms with van der Waals surface area (Å²) in [4.78, 5) is 2.47. The lowest BCUT2D eigenvalue weighted by molar-refractivity contribution is 0.498. The van der Waals surface area contributed by atoms with E-state index in [-0.39, 0.29) is 4.90 Å². The van der Waals surface area contributed by atoms with Crippen LogP contribution in [0.3, 0.4) is 0 Å². The van der Waals surface area contributed by atoms with Crippen LogP contribution in [0.5, 0.6) is 0 Å². The maximum absolute atomic E-state index is 12.0. The van der Waals surface area contributed by atoms with Gasteiger partial charge in [-0.3, -0.25) is 0 Å². The maximum atomic E-state index is 12.0. The van der Waals surface area contributed by atoms with Gasteiger partial charge in [-0.2, -0.15) is 13.5 Å². The lowest BCUT2D eigenvalue weighted by atomic mass is 9.89. The Bertz CT molecular complexity index is 567. The summed E-state index contributed by atoms with van der Waals surface area (Å²) in [5.41, 5.74) is 0.927. The SMILES string of the molecule is C[C@H]1CCC/C(=N\NS(=O)(=O)c2ccc(Cl)cc2)C1. The van der Waals surface area contributed by atoms with Crippen molar-refractivity contribution in [2.75, 3.05) is 0 Å². The first-order valence-corrected chi connectivity index (χ1v) is 8.16. The molecular formula is C13H17ClN2O2S. The Kier molecular flexibility index (Phi) is 4.47. The fourth-order valence-corrected chi connectivity index (χ4v) is 3.13. The molecule has 6 heteroatoms. The molecule has 1 aliphatic rings. The molecule has 0 radical (unpaired) electrons. The van der Waals surface area contributed by atoms with Gasteiger partial charge in [0.15, 0.2) is 0 Å². The van der Waals surface area contributed by atoms with Crippen molar-refractivity contribution in [3.63, 3.8) is 0 Å². The van der Waals surface area contributed by atoms with Crippen LogP contribution in [0.25, 0.3) is 0 Å². The van der Waals surface area contributed by atoms with Crippen molar-refractivity contribution in [3.05, 3.63) is 29.3 Å². The molecule has 19 heavy (non-hydrogen) atoms. The van der Waals surface area contributed by atoms with E-state index >= 15 is 0 Å². The Morgan fingerprint density at radius 3 is 2.63 bits per heavy atom. The zero-order valence-electron chi connectivity index (χ0n) is 10.8. The molecule has 1 saturated carbocycles. The highest BCUT2D eigenvalue weighted by molar-refractivity contribution is 7.89. The molecule has 0 aliphatic heterocycles. The largest absolute Gasteiger partial charge is 0.276 e. The molecular weight excluding hydrogens is 284 g/mol. The normalized spacial score (nSPS) is 22.4. The van der Waals surface area contributed by atoms with Gasteiger partial charge in [0.05, 0.1) is 4.90 Å². The van der Waals surface area contributed by atoms with Gasteiger partial charge < -0.3 is 0 Å². The Morgan fingerprint density at radius 2 is 2.00 bits per heavy atom. The van der Waals surface area contributed by atoms with Crippen molar-refractivity contribution in [1.29, 1.82) is 0 Å². The fourth-order valence-electron chi connectivity index (χ4n) is 2.15. The average Bonchev–Trinajstić information content (AvgIpc) is 2.37. The van der Waals surface area contributed by atoms with E-state index in [1.54, 1.807) is 12.1 Å². The van der Waals surface area contributed by atoms with Crippen LogP contribution in [-0.4, -0.2) is 14.1 Å². The highest BCUT2D eigenvalue weighted by Gasteiger charge is 2.16. The summed E-state index contributed by atoms with van der Waals surface area (Å²) in [6.45, 7) is 2.16. The fraction of sp³-hybridized carbons (Fsp3) is 0.462. The number of nitrogens with zero attached hydrogens (tertiary/aromatic N) is 1. The Morgan fingerprint density at radius 1 is 1.32 bits per heavy atom. The van der Waals surface area contributed by atoms with E-state index in [1.807, 2.05) is 0 Å². The summed E-state index contributed by atoms with van der Waals surface area (Å²) < 4.78 is 24.0. The summed E-state index contributed by atoms with van der Waals surface area (Å²) in [6, 6.07) is 6.03. The molecule has 1 N–H and O–H groups in total. The second-order valence-corrected chi connectivity index (χ2v) is 7.03. The first kappa shape index (κ1) is 14.3. The van der Waals surface area contributed by atoms with Crippen LogP contribution in [-0.2, 0) is 10.0 Å². The smallest absolute Gasteiger partial charge is 0.200 e. The minimum Gasteiger partial charge on any atom is -0.200 e. The monoisotopic (exact) mass is 300 g/mol. The molecule has 104 valence electrons. The average molecular weight is 301 g/mol. The topological polar surface area (TPSA) is 58.5 Å². The molecule has 0 bridgehead atoms.